The van der Waals surface area contributed by atoms with E-state index in [1.54, 1.807) is 13.8 Å². The molecule has 0 bridgehead atoms. The molecule has 8 nitrogen and oxygen atoms in total. The number of aromatic nitrogens is 2. The first-order valence-electron chi connectivity index (χ1n) is 7.23. The van der Waals surface area contributed by atoms with Crippen LogP contribution in [0, 0.1) is 35.3 Å². The largest absolute Gasteiger partial charge is 0.465 e. The Morgan fingerprint density at radius 1 is 1.38 bits per heavy atom. The summed E-state index contributed by atoms with van der Waals surface area (Å²) in [5.74, 6) is -0.205. The molecular weight excluding hydrogens is 312 g/mol. The number of carbonyl (C=O) groups excluding carboxylic acids is 1. The summed E-state index contributed by atoms with van der Waals surface area (Å²) in [7, 11) is 1.22. The van der Waals surface area contributed by atoms with Crippen LogP contribution < -0.4 is 0 Å². The zero-order chi connectivity index (χ0) is 18.4. The van der Waals surface area contributed by atoms with Crippen molar-refractivity contribution in [3.63, 3.8) is 0 Å². The van der Waals surface area contributed by atoms with Gasteiger partial charge in [0.15, 0.2) is 0 Å². The summed E-state index contributed by atoms with van der Waals surface area (Å²) in [6, 6.07) is 5.80. The van der Waals surface area contributed by atoms with Gasteiger partial charge in [-0.2, -0.15) is 5.26 Å². The van der Waals surface area contributed by atoms with E-state index in [0.717, 1.165) is 0 Å². The lowest BCUT2D eigenvalue weighted by Crippen LogP contribution is -2.08. The number of hydrogen-bond donors (Lipinski definition) is 0. The fourth-order valence-corrected chi connectivity index (χ4v) is 2.20. The van der Waals surface area contributed by atoms with E-state index in [1.165, 1.54) is 29.9 Å². The fourth-order valence-electron chi connectivity index (χ4n) is 2.20. The molecule has 2 rings (SSSR count). The molecular formula is C16H18N4O4. The summed E-state index contributed by atoms with van der Waals surface area (Å²) in [6.45, 7) is 7.26. The summed E-state index contributed by atoms with van der Waals surface area (Å²) in [5.41, 5.74) is 0.658. The summed E-state index contributed by atoms with van der Waals surface area (Å²) >= 11 is 0. The number of nitrogens with zero attached hydrogens (tertiary/aromatic N) is 4. The molecule has 0 aliphatic rings. The number of carbonyl (C=O) groups is 1. The van der Waals surface area contributed by atoms with Gasteiger partial charge in [-0.3, -0.25) is 14.7 Å². The minimum absolute atomic E-state index is 0.0996. The third-order valence-corrected chi connectivity index (χ3v) is 3.16. The van der Waals surface area contributed by atoms with Crippen molar-refractivity contribution in [2.75, 3.05) is 7.11 Å². The number of nitriles is 1. The fraction of sp³-hybridized carbons (Fsp3) is 0.312. The Morgan fingerprint density at radius 3 is 2.50 bits per heavy atom. The number of rotatable bonds is 3. The van der Waals surface area contributed by atoms with E-state index in [0.29, 0.717) is 11.5 Å². The van der Waals surface area contributed by atoms with Gasteiger partial charge in [-0.05, 0) is 26.0 Å². The highest BCUT2D eigenvalue weighted by Crippen LogP contribution is 2.28. The summed E-state index contributed by atoms with van der Waals surface area (Å²) in [4.78, 5) is 26.5. The highest BCUT2D eigenvalue weighted by Gasteiger charge is 2.23. The van der Waals surface area contributed by atoms with Gasteiger partial charge in [0, 0.05) is 6.07 Å². The molecule has 0 unspecified atom stereocenters. The minimum Gasteiger partial charge on any atom is -0.465 e. The van der Waals surface area contributed by atoms with Crippen LogP contribution in [0.2, 0.25) is 0 Å². The standard InChI is InChI=1S/C14H12N4O4.C2H6/c1-8-13(7-15)17(9(2)16-8)12-6-10(14(19)22-3)4-5-11(12)18(20)21;1-2/h4-6H,1-3H3;1-2H3. The van der Waals surface area contributed by atoms with Crippen LogP contribution in [-0.2, 0) is 4.74 Å². The number of nitro benzene ring substituents is 1. The van der Waals surface area contributed by atoms with Gasteiger partial charge in [-0.25, -0.2) is 9.78 Å². The van der Waals surface area contributed by atoms with Gasteiger partial charge in [-0.15, -0.1) is 0 Å². The number of nitro groups is 1. The summed E-state index contributed by atoms with van der Waals surface area (Å²) in [6.07, 6.45) is 0. The molecule has 0 atom stereocenters. The Hall–Kier alpha value is -3.21. The van der Waals surface area contributed by atoms with E-state index >= 15 is 0 Å². The number of aryl methyl sites for hydroxylation is 2. The maximum absolute atomic E-state index is 11.6. The van der Waals surface area contributed by atoms with Gasteiger partial charge >= 0.3 is 5.97 Å². The van der Waals surface area contributed by atoms with Gasteiger partial charge in [0.1, 0.15) is 23.3 Å². The Morgan fingerprint density at radius 2 is 2.00 bits per heavy atom. The molecule has 0 aliphatic heterocycles. The summed E-state index contributed by atoms with van der Waals surface area (Å²) < 4.78 is 5.98. The lowest BCUT2D eigenvalue weighted by molar-refractivity contribution is -0.384. The average Bonchev–Trinajstić information content (AvgIpc) is 2.88. The van der Waals surface area contributed by atoms with Crippen molar-refractivity contribution in [1.29, 1.82) is 5.26 Å². The SMILES string of the molecule is CC.COC(=O)c1ccc([N+](=O)[O-])c(-n2c(C)nc(C)c2C#N)c1. The topological polar surface area (TPSA) is 111 Å². The minimum atomic E-state index is -0.621. The Balaban J connectivity index is 0.00000139. The molecule has 0 radical (unpaired) electrons. The molecule has 0 N–H and O–H groups in total. The number of methoxy groups -OCH3 is 1. The van der Waals surface area contributed by atoms with Crippen LogP contribution in [0.3, 0.4) is 0 Å². The first kappa shape index (κ1) is 18.8. The van der Waals surface area contributed by atoms with Crippen LogP contribution >= 0.6 is 0 Å². The molecule has 2 aromatic rings. The van der Waals surface area contributed by atoms with Crippen LogP contribution in [0.5, 0.6) is 0 Å². The maximum atomic E-state index is 11.6. The number of hydrogen-bond acceptors (Lipinski definition) is 6. The molecule has 1 heterocycles. The highest BCUT2D eigenvalue weighted by atomic mass is 16.6. The number of benzene rings is 1. The second-order valence-electron chi connectivity index (χ2n) is 4.49. The van der Waals surface area contributed by atoms with Crippen LogP contribution in [-0.4, -0.2) is 27.6 Å². The number of esters is 1. The Kier molecular flexibility index (Phi) is 6.18. The van der Waals surface area contributed by atoms with Gasteiger partial charge in [0.05, 0.1) is 23.3 Å². The van der Waals surface area contributed by atoms with Gasteiger partial charge in [0.2, 0.25) is 0 Å². The number of imidazole rings is 1. The third-order valence-electron chi connectivity index (χ3n) is 3.16. The zero-order valence-electron chi connectivity index (χ0n) is 14.2. The monoisotopic (exact) mass is 330 g/mol. The van der Waals surface area contributed by atoms with E-state index < -0.39 is 10.9 Å². The maximum Gasteiger partial charge on any atom is 0.337 e. The second-order valence-corrected chi connectivity index (χ2v) is 4.49. The van der Waals surface area contributed by atoms with Crippen LogP contribution in [0.15, 0.2) is 18.2 Å². The second kappa shape index (κ2) is 7.87. The Labute approximate surface area is 139 Å². The van der Waals surface area contributed by atoms with Gasteiger partial charge in [-0.1, -0.05) is 13.8 Å². The smallest absolute Gasteiger partial charge is 0.337 e. The van der Waals surface area contributed by atoms with Crippen molar-refractivity contribution < 1.29 is 14.5 Å². The predicted octanol–water partition coefficient (Wildman–Crippen LogP) is 3.08. The summed E-state index contributed by atoms with van der Waals surface area (Å²) in [5, 5.41) is 20.5. The van der Waals surface area contributed by atoms with Crippen LogP contribution in [0.25, 0.3) is 5.69 Å². The first-order valence-corrected chi connectivity index (χ1v) is 7.23. The van der Waals surface area contributed by atoms with Crippen molar-refractivity contribution in [3.05, 3.63) is 51.1 Å². The molecule has 8 heteroatoms. The van der Waals surface area contributed by atoms with Crippen LogP contribution in [0.4, 0.5) is 5.69 Å². The van der Waals surface area contributed by atoms with E-state index in [2.05, 4.69) is 9.72 Å². The molecule has 0 aliphatic carbocycles. The van der Waals surface area contributed by atoms with Crippen molar-refractivity contribution >= 4 is 11.7 Å². The molecule has 0 amide bonds. The quantitative estimate of drug-likeness (QED) is 0.486. The van der Waals surface area contributed by atoms with Gasteiger partial charge < -0.3 is 4.74 Å². The van der Waals surface area contributed by atoms with Crippen molar-refractivity contribution in [3.8, 4) is 11.8 Å². The normalized spacial score (nSPS) is 9.50. The molecule has 0 saturated carbocycles. The molecule has 1 aromatic heterocycles. The van der Waals surface area contributed by atoms with E-state index in [4.69, 9.17) is 0 Å². The third kappa shape index (κ3) is 3.41. The van der Waals surface area contributed by atoms with Crippen molar-refractivity contribution in [2.45, 2.75) is 27.7 Å². The molecule has 0 saturated heterocycles. The zero-order valence-corrected chi connectivity index (χ0v) is 14.2. The van der Waals surface area contributed by atoms with E-state index in [9.17, 15) is 20.2 Å². The lowest BCUT2D eigenvalue weighted by atomic mass is 10.1. The highest BCUT2D eigenvalue weighted by molar-refractivity contribution is 5.90. The molecule has 126 valence electrons. The first-order chi connectivity index (χ1) is 11.4. The number of ether oxygens (including phenoxy) is 1. The molecule has 0 fully saturated rings. The Bertz CT molecular complexity index is 818. The van der Waals surface area contributed by atoms with Gasteiger partial charge in [0.25, 0.3) is 5.69 Å². The molecule has 0 spiro atoms. The molecule has 1 aromatic carbocycles. The van der Waals surface area contributed by atoms with Crippen molar-refractivity contribution in [2.24, 2.45) is 0 Å². The average molecular weight is 330 g/mol. The molecule has 24 heavy (non-hydrogen) atoms. The predicted molar refractivity (Wildman–Crippen MR) is 87.1 cm³/mol. The van der Waals surface area contributed by atoms with Crippen molar-refractivity contribution in [1.82, 2.24) is 9.55 Å². The lowest BCUT2D eigenvalue weighted by Gasteiger charge is -2.09. The van der Waals surface area contributed by atoms with Crippen LogP contribution in [0.1, 0.15) is 41.4 Å². The van der Waals surface area contributed by atoms with E-state index in [1.807, 2.05) is 19.9 Å². The van der Waals surface area contributed by atoms with E-state index in [-0.39, 0.29) is 22.6 Å².